The zero-order valence-electron chi connectivity index (χ0n) is 20.8. The van der Waals surface area contributed by atoms with E-state index in [-0.39, 0.29) is 11.0 Å². The Morgan fingerprint density at radius 2 is 0.853 bits per heavy atom. The summed E-state index contributed by atoms with van der Waals surface area (Å²) < 4.78 is 0. The van der Waals surface area contributed by atoms with Gasteiger partial charge in [0, 0.05) is 11.4 Å². The van der Waals surface area contributed by atoms with Crippen LogP contribution in [0.5, 0.6) is 0 Å². The zero-order valence-corrected chi connectivity index (χ0v) is 20.8. The van der Waals surface area contributed by atoms with Gasteiger partial charge in [0.25, 0.3) is 0 Å². The Hall–Kier alpha value is -3.58. The van der Waals surface area contributed by atoms with Crippen LogP contribution in [0.15, 0.2) is 109 Å². The number of benzene rings is 5. The van der Waals surface area contributed by atoms with Crippen LogP contribution in [0.4, 0.5) is 11.4 Å². The summed E-state index contributed by atoms with van der Waals surface area (Å²) in [5.41, 5.74) is 4.91. The molecule has 0 bridgehead atoms. The van der Waals surface area contributed by atoms with Crippen molar-refractivity contribution in [2.45, 2.75) is 45.6 Å². The van der Waals surface area contributed by atoms with Crippen molar-refractivity contribution in [2.24, 2.45) is 0 Å². The second-order valence-electron chi connectivity index (χ2n) is 10.8. The lowest BCUT2D eigenvalue weighted by Crippen LogP contribution is -2.38. The van der Waals surface area contributed by atoms with Gasteiger partial charge in [0.15, 0.2) is 0 Å². The summed E-state index contributed by atoms with van der Waals surface area (Å²) in [6.07, 6.45) is 0. The lowest BCUT2D eigenvalue weighted by molar-refractivity contribution is 0.533. The monoisotopic (exact) mass is 443 g/mol. The molecule has 1 nitrogen and oxygen atoms in total. The third-order valence-electron chi connectivity index (χ3n) is 7.00. The first kappa shape index (κ1) is 22.2. The quantitative estimate of drug-likeness (QED) is 0.267. The number of anilines is 2. The van der Waals surface area contributed by atoms with E-state index in [9.17, 15) is 0 Å². The molecule has 5 aromatic carbocycles. The Balaban J connectivity index is 1.68. The van der Waals surface area contributed by atoms with Crippen molar-refractivity contribution < 1.29 is 0 Å². The molecule has 0 N–H and O–H groups in total. The highest BCUT2D eigenvalue weighted by Gasteiger charge is 2.31. The minimum atomic E-state index is -0.263. The highest BCUT2D eigenvalue weighted by Crippen LogP contribution is 2.41. The molecule has 0 saturated carbocycles. The standard InChI is InChI=1S/C33H33N/c1-32(2,3)28-16-18-29(19-17-28)33(4,5)34(30-20-14-24-10-6-8-12-26(24)22-30)31-21-15-25-11-7-9-13-27(25)23-31/h6-23H,1-5H3. The van der Waals surface area contributed by atoms with Crippen molar-refractivity contribution in [3.63, 3.8) is 0 Å². The second-order valence-corrected chi connectivity index (χ2v) is 10.8. The first-order valence-electron chi connectivity index (χ1n) is 12.1. The lowest BCUT2D eigenvalue weighted by atomic mass is 9.84. The van der Waals surface area contributed by atoms with E-state index in [0.29, 0.717) is 0 Å². The highest BCUT2D eigenvalue weighted by molar-refractivity contribution is 5.90. The fourth-order valence-corrected chi connectivity index (χ4v) is 4.93. The van der Waals surface area contributed by atoms with Gasteiger partial charge in [0.1, 0.15) is 0 Å². The molecule has 0 spiro atoms. The Kier molecular flexibility index (Phi) is 5.44. The minimum Gasteiger partial charge on any atom is -0.332 e. The molecule has 0 amide bonds. The van der Waals surface area contributed by atoms with E-state index in [0.717, 1.165) is 0 Å². The molecule has 0 aliphatic carbocycles. The number of rotatable bonds is 4. The van der Waals surface area contributed by atoms with Crippen LogP contribution < -0.4 is 4.90 Å². The molecule has 5 aromatic rings. The predicted molar refractivity (Wildman–Crippen MR) is 148 cm³/mol. The fraction of sp³-hybridized carbons (Fsp3) is 0.212. The van der Waals surface area contributed by atoms with Crippen molar-refractivity contribution in [1.29, 1.82) is 0 Å². The molecule has 0 aromatic heterocycles. The van der Waals surface area contributed by atoms with Gasteiger partial charge in [0.05, 0.1) is 5.54 Å². The van der Waals surface area contributed by atoms with E-state index in [2.05, 4.69) is 149 Å². The summed E-state index contributed by atoms with van der Waals surface area (Å²) in [5, 5.41) is 5.03. The number of hydrogen-bond acceptors (Lipinski definition) is 1. The van der Waals surface area contributed by atoms with Gasteiger partial charge in [0.2, 0.25) is 0 Å². The maximum atomic E-state index is 2.48. The summed E-state index contributed by atoms with van der Waals surface area (Å²) in [4.78, 5) is 2.48. The highest BCUT2D eigenvalue weighted by atomic mass is 15.2. The van der Waals surface area contributed by atoms with E-state index >= 15 is 0 Å². The topological polar surface area (TPSA) is 3.24 Å². The van der Waals surface area contributed by atoms with Crippen LogP contribution in [0.25, 0.3) is 21.5 Å². The van der Waals surface area contributed by atoms with Crippen molar-refractivity contribution in [3.8, 4) is 0 Å². The molecule has 1 heteroatoms. The largest absolute Gasteiger partial charge is 0.332 e. The van der Waals surface area contributed by atoms with E-state index in [1.807, 2.05) is 0 Å². The van der Waals surface area contributed by atoms with Gasteiger partial charge >= 0.3 is 0 Å². The zero-order chi connectivity index (χ0) is 23.9. The molecule has 0 saturated heterocycles. The average molecular weight is 444 g/mol. The first-order chi connectivity index (χ1) is 16.2. The van der Waals surface area contributed by atoms with E-state index < -0.39 is 0 Å². The number of fused-ring (bicyclic) bond motifs is 2. The summed E-state index contributed by atoms with van der Waals surface area (Å²) >= 11 is 0. The molecule has 34 heavy (non-hydrogen) atoms. The van der Waals surface area contributed by atoms with E-state index in [4.69, 9.17) is 0 Å². The maximum Gasteiger partial charge on any atom is 0.0646 e. The van der Waals surface area contributed by atoms with Crippen LogP contribution in [-0.4, -0.2) is 0 Å². The molecular weight excluding hydrogens is 410 g/mol. The molecule has 0 fully saturated rings. The number of hydrogen-bond donors (Lipinski definition) is 0. The van der Waals surface area contributed by atoms with Crippen molar-refractivity contribution in [1.82, 2.24) is 0 Å². The SMILES string of the molecule is CC(C)(C)c1ccc(C(C)(C)N(c2ccc3ccccc3c2)c2ccc3ccccc3c2)cc1. The van der Waals surface area contributed by atoms with E-state index in [1.54, 1.807) is 0 Å². The van der Waals surface area contributed by atoms with Gasteiger partial charge in [-0.15, -0.1) is 0 Å². The van der Waals surface area contributed by atoms with Crippen molar-refractivity contribution in [2.75, 3.05) is 4.90 Å². The molecule has 0 aliphatic heterocycles. The Morgan fingerprint density at radius 3 is 1.29 bits per heavy atom. The molecular formula is C33H33N. The second kappa shape index (κ2) is 8.33. The number of nitrogens with zero attached hydrogens (tertiary/aromatic N) is 1. The van der Waals surface area contributed by atoms with Crippen molar-refractivity contribution in [3.05, 3.63) is 120 Å². The van der Waals surface area contributed by atoms with Gasteiger partial charge in [-0.1, -0.05) is 106 Å². The van der Waals surface area contributed by atoms with Gasteiger partial charge in [-0.2, -0.15) is 0 Å². The third-order valence-corrected chi connectivity index (χ3v) is 7.00. The molecule has 0 radical (unpaired) electrons. The Labute approximate surface area is 203 Å². The minimum absolute atomic E-state index is 0.138. The van der Waals surface area contributed by atoms with Crippen LogP contribution in [0.2, 0.25) is 0 Å². The molecule has 0 unspecified atom stereocenters. The summed E-state index contributed by atoms with van der Waals surface area (Å²) in [6, 6.07) is 40.0. The molecule has 0 atom stereocenters. The smallest absolute Gasteiger partial charge is 0.0646 e. The first-order valence-corrected chi connectivity index (χ1v) is 12.1. The third kappa shape index (κ3) is 4.07. The van der Waals surface area contributed by atoms with Gasteiger partial charge in [-0.05, 0) is 76.2 Å². The average Bonchev–Trinajstić information content (AvgIpc) is 2.83. The summed E-state index contributed by atoms with van der Waals surface area (Å²) in [7, 11) is 0. The van der Waals surface area contributed by atoms with Crippen LogP contribution in [0, 0.1) is 0 Å². The summed E-state index contributed by atoms with van der Waals surface area (Å²) in [5.74, 6) is 0. The van der Waals surface area contributed by atoms with Crippen LogP contribution in [0.1, 0.15) is 45.7 Å². The lowest BCUT2D eigenvalue weighted by Gasteiger charge is -2.41. The normalized spacial score (nSPS) is 12.3. The van der Waals surface area contributed by atoms with Gasteiger partial charge in [-0.25, -0.2) is 0 Å². The molecule has 0 heterocycles. The predicted octanol–water partition coefficient (Wildman–Crippen LogP) is 9.36. The van der Waals surface area contributed by atoms with Gasteiger partial charge < -0.3 is 4.90 Å². The van der Waals surface area contributed by atoms with Crippen LogP contribution in [-0.2, 0) is 11.0 Å². The molecule has 170 valence electrons. The molecule has 5 rings (SSSR count). The van der Waals surface area contributed by atoms with Crippen LogP contribution >= 0.6 is 0 Å². The van der Waals surface area contributed by atoms with Crippen LogP contribution in [0.3, 0.4) is 0 Å². The van der Waals surface area contributed by atoms with Crippen molar-refractivity contribution >= 4 is 32.9 Å². The Bertz CT molecular complexity index is 1370. The Morgan fingerprint density at radius 1 is 0.441 bits per heavy atom. The van der Waals surface area contributed by atoms with E-state index in [1.165, 1.54) is 44.0 Å². The molecule has 0 aliphatic rings. The fourth-order valence-electron chi connectivity index (χ4n) is 4.93. The maximum absolute atomic E-state index is 2.48. The van der Waals surface area contributed by atoms with Gasteiger partial charge in [-0.3, -0.25) is 0 Å². The summed E-state index contributed by atoms with van der Waals surface area (Å²) in [6.45, 7) is 11.4.